The lowest BCUT2D eigenvalue weighted by atomic mass is 10.3. The molecule has 0 atom stereocenters. The molecule has 0 aliphatic heterocycles. The lowest BCUT2D eigenvalue weighted by molar-refractivity contribution is -0.149. The molecule has 0 fully saturated rings. The van der Waals surface area contributed by atoms with Crippen molar-refractivity contribution in [3.8, 4) is 11.5 Å². The number of phenolic OH excluding ortho intramolecular Hbond substituents is 1. The summed E-state index contributed by atoms with van der Waals surface area (Å²) < 4.78 is 4.97. The van der Waals surface area contributed by atoms with Gasteiger partial charge in [0.2, 0.25) is 0 Å². The van der Waals surface area contributed by atoms with Gasteiger partial charge in [0, 0.05) is 0 Å². The van der Waals surface area contributed by atoms with E-state index in [1.807, 2.05) is 5.48 Å². The Bertz CT molecular complexity index is 406. The van der Waals surface area contributed by atoms with Crippen LogP contribution in [0.3, 0.4) is 0 Å². The third-order valence-electron chi connectivity index (χ3n) is 1.61. The van der Waals surface area contributed by atoms with Gasteiger partial charge in [0.05, 0.1) is 0 Å². The average molecular weight is 241 g/mol. The lowest BCUT2D eigenvalue weighted by Crippen LogP contribution is -2.30. The number of aliphatic carboxylic acids is 1. The van der Waals surface area contributed by atoms with Crippen LogP contribution in [0.15, 0.2) is 24.3 Å². The maximum Gasteiger partial charge on any atom is 0.332 e. The quantitative estimate of drug-likeness (QED) is 0.601. The van der Waals surface area contributed by atoms with Crippen LogP contribution in [0.2, 0.25) is 0 Å². The molecule has 3 N–H and O–H groups in total. The van der Waals surface area contributed by atoms with Gasteiger partial charge >= 0.3 is 5.97 Å². The molecule has 0 aliphatic rings. The van der Waals surface area contributed by atoms with Crippen molar-refractivity contribution in [2.75, 3.05) is 13.2 Å². The molecule has 1 aromatic carbocycles. The summed E-state index contributed by atoms with van der Waals surface area (Å²) >= 11 is 0. The second kappa shape index (κ2) is 6.33. The number of amides is 1. The Hall–Kier alpha value is -2.28. The third kappa shape index (κ3) is 4.85. The van der Waals surface area contributed by atoms with Gasteiger partial charge in [-0.1, -0.05) is 12.1 Å². The highest BCUT2D eigenvalue weighted by Crippen LogP contribution is 2.23. The van der Waals surface area contributed by atoms with Crippen LogP contribution < -0.4 is 10.2 Å². The summed E-state index contributed by atoms with van der Waals surface area (Å²) in [6.45, 7) is -1.03. The summed E-state index contributed by atoms with van der Waals surface area (Å²) in [5.74, 6) is -1.80. The van der Waals surface area contributed by atoms with Crippen molar-refractivity contribution in [3.05, 3.63) is 24.3 Å². The van der Waals surface area contributed by atoms with E-state index >= 15 is 0 Å². The Morgan fingerprint density at radius 2 is 1.94 bits per heavy atom. The Morgan fingerprint density at radius 1 is 1.24 bits per heavy atom. The monoisotopic (exact) mass is 241 g/mol. The van der Waals surface area contributed by atoms with Crippen molar-refractivity contribution >= 4 is 11.9 Å². The Morgan fingerprint density at radius 3 is 2.59 bits per heavy atom. The normalized spacial score (nSPS) is 9.65. The Labute approximate surface area is 96.5 Å². The van der Waals surface area contributed by atoms with Crippen LogP contribution >= 0.6 is 0 Å². The van der Waals surface area contributed by atoms with Gasteiger partial charge in [-0.05, 0) is 12.1 Å². The van der Waals surface area contributed by atoms with E-state index in [1.54, 1.807) is 12.1 Å². The van der Waals surface area contributed by atoms with Crippen molar-refractivity contribution in [2.45, 2.75) is 0 Å². The zero-order valence-corrected chi connectivity index (χ0v) is 8.75. The molecule has 7 nitrogen and oxygen atoms in total. The molecule has 0 aliphatic carbocycles. The molecule has 0 saturated heterocycles. The second-order valence-electron chi connectivity index (χ2n) is 2.96. The number of para-hydroxylation sites is 2. The predicted molar refractivity (Wildman–Crippen MR) is 55.3 cm³/mol. The van der Waals surface area contributed by atoms with Gasteiger partial charge in [0.1, 0.15) is 0 Å². The number of aromatic hydroxyl groups is 1. The molecule has 7 heteroatoms. The number of carboxylic acids is 1. The van der Waals surface area contributed by atoms with Crippen molar-refractivity contribution < 1.29 is 29.4 Å². The van der Waals surface area contributed by atoms with Crippen molar-refractivity contribution in [3.63, 3.8) is 0 Å². The van der Waals surface area contributed by atoms with E-state index in [0.29, 0.717) is 0 Å². The fraction of sp³-hybridized carbons (Fsp3) is 0.200. The highest BCUT2D eigenvalue weighted by atomic mass is 16.7. The number of hydrogen-bond donors (Lipinski definition) is 3. The molecule has 0 saturated carbocycles. The molecule has 0 unspecified atom stereocenters. The first-order valence-electron chi connectivity index (χ1n) is 4.63. The number of carbonyl (C=O) groups is 2. The molecule has 92 valence electrons. The summed E-state index contributed by atoms with van der Waals surface area (Å²) in [7, 11) is 0. The second-order valence-corrected chi connectivity index (χ2v) is 2.96. The van der Waals surface area contributed by atoms with Crippen molar-refractivity contribution in [1.29, 1.82) is 0 Å². The molecule has 17 heavy (non-hydrogen) atoms. The number of nitrogens with one attached hydrogen (secondary N) is 1. The first-order chi connectivity index (χ1) is 8.09. The average Bonchev–Trinajstić information content (AvgIpc) is 2.27. The molecule has 0 aromatic heterocycles. The molecular formula is C10H11NO6. The number of carbonyl (C=O) groups excluding carboxylic acids is 1. The number of phenols is 1. The smallest absolute Gasteiger partial charge is 0.332 e. The minimum atomic E-state index is -1.20. The molecule has 0 radical (unpaired) electrons. The van der Waals surface area contributed by atoms with E-state index in [1.165, 1.54) is 12.1 Å². The molecule has 1 aromatic rings. The molecule has 1 rings (SSSR count). The lowest BCUT2D eigenvalue weighted by Gasteiger charge is -2.07. The van der Waals surface area contributed by atoms with Crippen LogP contribution in [0.1, 0.15) is 0 Å². The van der Waals surface area contributed by atoms with Gasteiger partial charge < -0.3 is 14.9 Å². The van der Waals surface area contributed by atoms with Gasteiger partial charge in [-0.15, -0.1) is 0 Å². The summed E-state index contributed by atoms with van der Waals surface area (Å²) in [4.78, 5) is 25.5. The van der Waals surface area contributed by atoms with E-state index in [2.05, 4.69) is 4.84 Å². The van der Waals surface area contributed by atoms with Gasteiger partial charge in [0.15, 0.2) is 24.7 Å². The van der Waals surface area contributed by atoms with E-state index in [4.69, 9.17) is 9.84 Å². The summed E-state index contributed by atoms with van der Waals surface area (Å²) in [5, 5.41) is 17.5. The van der Waals surface area contributed by atoms with E-state index in [9.17, 15) is 14.7 Å². The molecule has 0 heterocycles. The first kappa shape index (κ1) is 12.8. The van der Waals surface area contributed by atoms with E-state index in [0.717, 1.165) is 0 Å². The van der Waals surface area contributed by atoms with Gasteiger partial charge in [0.25, 0.3) is 5.91 Å². The standard InChI is InChI=1S/C10H11NO6/c12-7-3-1-2-4-8(7)16-5-9(13)11-17-6-10(14)15/h1-4,12H,5-6H2,(H,11,13)(H,14,15). The van der Waals surface area contributed by atoms with Crippen LogP contribution in [0, 0.1) is 0 Å². The predicted octanol–water partition coefficient (Wildman–Crippen LogP) is -0.0966. The third-order valence-corrected chi connectivity index (χ3v) is 1.61. The Kier molecular flexibility index (Phi) is 4.77. The number of hydrogen-bond acceptors (Lipinski definition) is 5. The number of ether oxygens (including phenoxy) is 1. The Balaban J connectivity index is 2.29. The van der Waals surface area contributed by atoms with Crippen molar-refractivity contribution in [1.82, 2.24) is 5.48 Å². The highest BCUT2D eigenvalue weighted by molar-refractivity contribution is 5.76. The molecular weight excluding hydrogens is 230 g/mol. The number of benzene rings is 1. The van der Waals surface area contributed by atoms with Crippen LogP contribution in [0.5, 0.6) is 11.5 Å². The maximum absolute atomic E-state index is 11.1. The first-order valence-corrected chi connectivity index (χ1v) is 4.63. The fourth-order valence-electron chi connectivity index (χ4n) is 0.930. The van der Waals surface area contributed by atoms with Gasteiger partial charge in [-0.3, -0.25) is 9.63 Å². The number of hydroxylamine groups is 1. The summed E-state index contributed by atoms with van der Waals surface area (Å²) in [6.07, 6.45) is 0. The zero-order chi connectivity index (χ0) is 12.7. The number of carboxylic acid groups (broad SMARTS) is 1. The number of rotatable bonds is 6. The minimum absolute atomic E-state index is 0.0910. The van der Waals surface area contributed by atoms with Crippen molar-refractivity contribution in [2.24, 2.45) is 0 Å². The summed E-state index contributed by atoms with van der Waals surface area (Å²) in [6, 6.07) is 6.14. The fourth-order valence-corrected chi connectivity index (χ4v) is 0.930. The van der Waals surface area contributed by atoms with Gasteiger partial charge in [-0.25, -0.2) is 10.3 Å². The zero-order valence-electron chi connectivity index (χ0n) is 8.75. The van der Waals surface area contributed by atoms with Crippen LogP contribution in [-0.2, 0) is 14.4 Å². The molecule has 0 bridgehead atoms. The maximum atomic E-state index is 11.1. The molecule has 0 spiro atoms. The summed E-state index contributed by atoms with van der Waals surface area (Å²) in [5.41, 5.74) is 1.88. The van der Waals surface area contributed by atoms with Crippen LogP contribution in [0.25, 0.3) is 0 Å². The van der Waals surface area contributed by atoms with Crippen LogP contribution in [-0.4, -0.2) is 35.3 Å². The topological polar surface area (TPSA) is 105 Å². The van der Waals surface area contributed by atoms with Crippen LogP contribution in [0.4, 0.5) is 0 Å². The molecule has 1 amide bonds. The van der Waals surface area contributed by atoms with E-state index in [-0.39, 0.29) is 11.5 Å². The van der Waals surface area contributed by atoms with Gasteiger partial charge in [-0.2, -0.15) is 0 Å². The highest BCUT2D eigenvalue weighted by Gasteiger charge is 2.06. The SMILES string of the molecule is O=C(O)CONC(=O)COc1ccccc1O. The largest absolute Gasteiger partial charge is 0.504 e. The minimum Gasteiger partial charge on any atom is -0.504 e. The van der Waals surface area contributed by atoms with E-state index < -0.39 is 25.1 Å².